The molecular weight excluding hydrogens is 621 g/mol. The molecule has 0 spiro atoms. The van der Waals surface area contributed by atoms with E-state index < -0.39 is 20.4 Å². The van der Waals surface area contributed by atoms with Gasteiger partial charge in [0, 0.05) is 19.4 Å². The van der Waals surface area contributed by atoms with Crippen molar-refractivity contribution < 1.29 is 33.3 Å². The summed E-state index contributed by atoms with van der Waals surface area (Å²) in [6.45, 7) is 14.2. The quantitative estimate of drug-likeness (QED) is 0.0965. The monoisotopic (exact) mass is 674 g/mol. The van der Waals surface area contributed by atoms with Crippen LogP contribution >= 0.6 is 0 Å². The molecule has 0 aliphatic carbocycles. The number of aliphatic hydroxyl groups is 1. The summed E-state index contributed by atoms with van der Waals surface area (Å²) in [7, 11) is -1.05. The van der Waals surface area contributed by atoms with E-state index in [1.807, 2.05) is 24.3 Å². The van der Waals surface area contributed by atoms with Gasteiger partial charge in [-0.3, -0.25) is 4.79 Å². The van der Waals surface area contributed by atoms with Crippen molar-refractivity contribution in [1.29, 1.82) is 0 Å². The van der Waals surface area contributed by atoms with Crippen molar-refractivity contribution in [2.24, 2.45) is 0 Å². The average Bonchev–Trinajstić information content (AvgIpc) is 3.05. The Kier molecular flexibility index (Phi) is 14.0. The number of aliphatic hydroxyl groups excluding tert-OH is 1. The molecule has 8 heteroatoms. The lowest BCUT2D eigenvalue weighted by Gasteiger charge is -2.43. The van der Waals surface area contributed by atoms with E-state index in [4.69, 9.17) is 23.4 Å². The smallest absolute Gasteiger partial charge is 0.308 e. The van der Waals surface area contributed by atoms with Crippen molar-refractivity contribution in [1.82, 2.24) is 0 Å². The van der Waals surface area contributed by atoms with E-state index in [9.17, 15) is 9.90 Å². The summed E-state index contributed by atoms with van der Waals surface area (Å²) in [5.74, 6) is 0.406. The largest absolute Gasteiger partial charge is 0.497 e. The topological polar surface area (TPSA) is 83.5 Å². The number of carbonyl (C=O) groups is 1. The fourth-order valence-electron chi connectivity index (χ4n) is 6.78. The fourth-order valence-corrected chi connectivity index (χ4v) is 11.4. The SMILES string of the molecule is C=C1C[C@H](C[C@@H](O)CC(=O)OCC)O[C@H](C[C@H](CCO[Si](c2ccccc2)(c2ccccc2)C(C)(C)C)OCc2ccc(OC)cc2)C1. The number of esters is 1. The number of ether oxygens (including phenoxy) is 4. The number of carbonyl (C=O) groups excluding carboxylic acids is 1. The van der Waals surface area contributed by atoms with Crippen LogP contribution in [0, 0.1) is 0 Å². The maximum atomic E-state index is 11.9. The third-order valence-corrected chi connectivity index (χ3v) is 14.0. The highest BCUT2D eigenvalue weighted by Crippen LogP contribution is 2.37. The average molecular weight is 675 g/mol. The first-order valence-corrected chi connectivity index (χ1v) is 19.1. The van der Waals surface area contributed by atoms with Crippen LogP contribution < -0.4 is 15.1 Å². The molecule has 1 N–H and O–H groups in total. The van der Waals surface area contributed by atoms with Gasteiger partial charge in [-0.05, 0) is 59.3 Å². The third kappa shape index (κ3) is 10.4. The normalized spacial score (nSPS) is 18.2. The lowest BCUT2D eigenvalue weighted by atomic mass is 9.92. The van der Waals surface area contributed by atoms with Gasteiger partial charge in [0.1, 0.15) is 5.75 Å². The second kappa shape index (κ2) is 17.9. The molecule has 1 saturated heterocycles. The zero-order chi connectivity index (χ0) is 34.6. The third-order valence-electron chi connectivity index (χ3n) is 9.01. The Morgan fingerprint density at radius 1 is 0.938 bits per heavy atom. The maximum Gasteiger partial charge on any atom is 0.308 e. The zero-order valence-electron chi connectivity index (χ0n) is 29.4. The standard InChI is InChI=1S/C40H54O7Si/c1-7-44-39(42)27-32(41)26-35-24-30(2)25-36(47-35)28-34(45-29-31-18-20-33(43-6)21-19-31)22-23-46-48(40(3,4)5,37-14-10-8-11-15-37)38-16-12-9-13-17-38/h8-21,32,34-36,41H,2,7,22-29H2,1,3-6H3/t32-,34+,35-,36+/m1/s1. The van der Waals surface area contributed by atoms with Gasteiger partial charge in [-0.1, -0.05) is 106 Å². The van der Waals surface area contributed by atoms with Crippen molar-refractivity contribution in [3.63, 3.8) is 0 Å². The van der Waals surface area contributed by atoms with E-state index in [1.165, 1.54) is 10.4 Å². The van der Waals surface area contributed by atoms with Crippen molar-refractivity contribution in [2.75, 3.05) is 20.3 Å². The highest BCUT2D eigenvalue weighted by Gasteiger charge is 2.50. The molecule has 0 unspecified atom stereocenters. The van der Waals surface area contributed by atoms with Gasteiger partial charge in [-0.15, -0.1) is 0 Å². The molecule has 1 aliphatic rings. The molecule has 0 saturated carbocycles. The fraction of sp³-hybridized carbons (Fsp3) is 0.475. The number of methoxy groups -OCH3 is 1. The summed E-state index contributed by atoms with van der Waals surface area (Å²) in [4.78, 5) is 11.9. The van der Waals surface area contributed by atoms with Crippen LogP contribution in [0.5, 0.6) is 5.75 Å². The number of hydrogen-bond acceptors (Lipinski definition) is 7. The van der Waals surface area contributed by atoms with E-state index in [2.05, 4.69) is 88.0 Å². The summed E-state index contributed by atoms with van der Waals surface area (Å²) in [5, 5.41) is 13.0. The molecule has 1 fully saturated rings. The molecular formula is C40H54O7Si. The first-order chi connectivity index (χ1) is 23.0. The van der Waals surface area contributed by atoms with Gasteiger partial charge in [0.25, 0.3) is 8.32 Å². The molecule has 0 radical (unpaired) electrons. The van der Waals surface area contributed by atoms with Gasteiger partial charge in [0.2, 0.25) is 0 Å². The maximum absolute atomic E-state index is 11.9. The van der Waals surface area contributed by atoms with E-state index in [1.54, 1.807) is 14.0 Å². The van der Waals surface area contributed by atoms with Crippen LogP contribution in [0.25, 0.3) is 0 Å². The predicted octanol–water partition coefficient (Wildman–Crippen LogP) is 6.75. The minimum Gasteiger partial charge on any atom is -0.497 e. The van der Waals surface area contributed by atoms with Crippen LogP contribution in [0.1, 0.15) is 71.8 Å². The van der Waals surface area contributed by atoms with Crippen LogP contribution in [0.3, 0.4) is 0 Å². The Hall–Kier alpha value is -3.27. The molecule has 4 atom stereocenters. The highest BCUT2D eigenvalue weighted by molar-refractivity contribution is 6.99. The first-order valence-electron chi connectivity index (χ1n) is 17.2. The summed E-state index contributed by atoms with van der Waals surface area (Å²) >= 11 is 0. The lowest BCUT2D eigenvalue weighted by molar-refractivity contribution is -0.146. The van der Waals surface area contributed by atoms with Gasteiger partial charge in [-0.25, -0.2) is 0 Å². The number of hydrogen-bond donors (Lipinski definition) is 1. The molecule has 3 aromatic rings. The second-order valence-corrected chi connectivity index (χ2v) is 18.1. The van der Waals surface area contributed by atoms with Crippen molar-refractivity contribution in [3.05, 3.63) is 103 Å². The number of benzene rings is 3. The van der Waals surface area contributed by atoms with Crippen LogP contribution in [0.4, 0.5) is 0 Å². The van der Waals surface area contributed by atoms with Crippen LogP contribution in [-0.4, -0.2) is 64.1 Å². The molecule has 3 aromatic carbocycles. The molecule has 1 aliphatic heterocycles. The van der Waals surface area contributed by atoms with Crippen LogP contribution in [-0.2, 0) is 30.0 Å². The highest BCUT2D eigenvalue weighted by atomic mass is 28.4. The summed E-state index contributed by atoms with van der Waals surface area (Å²) in [6, 6.07) is 29.3. The molecule has 260 valence electrons. The molecule has 0 amide bonds. The Morgan fingerprint density at radius 2 is 1.52 bits per heavy atom. The van der Waals surface area contributed by atoms with Crippen molar-refractivity contribution in [2.45, 2.75) is 102 Å². The predicted molar refractivity (Wildman–Crippen MR) is 193 cm³/mol. The van der Waals surface area contributed by atoms with Gasteiger partial charge >= 0.3 is 5.97 Å². The molecule has 0 aromatic heterocycles. The molecule has 1 heterocycles. The Morgan fingerprint density at radius 3 is 2.06 bits per heavy atom. The summed E-state index contributed by atoms with van der Waals surface area (Å²) in [6.07, 6.45) is 1.70. The van der Waals surface area contributed by atoms with Gasteiger partial charge in [0.05, 0.1) is 51.2 Å². The van der Waals surface area contributed by atoms with Crippen molar-refractivity contribution in [3.8, 4) is 5.75 Å². The summed E-state index contributed by atoms with van der Waals surface area (Å²) in [5.41, 5.74) is 2.14. The van der Waals surface area contributed by atoms with Crippen LogP contribution in [0.15, 0.2) is 97.1 Å². The lowest BCUT2D eigenvalue weighted by Crippen LogP contribution is -2.66. The molecule has 4 rings (SSSR count). The van der Waals surface area contributed by atoms with Crippen molar-refractivity contribution >= 4 is 24.7 Å². The van der Waals surface area contributed by atoms with E-state index >= 15 is 0 Å². The van der Waals surface area contributed by atoms with Crippen LogP contribution in [0.2, 0.25) is 5.04 Å². The Bertz CT molecular complexity index is 1370. The molecule has 7 nitrogen and oxygen atoms in total. The zero-order valence-corrected chi connectivity index (χ0v) is 30.4. The van der Waals surface area contributed by atoms with Gasteiger partial charge in [0.15, 0.2) is 0 Å². The minimum atomic E-state index is -2.71. The summed E-state index contributed by atoms with van der Waals surface area (Å²) < 4.78 is 30.7. The number of rotatable bonds is 17. The van der Waals surface area contributed by atoms with E-state index in [0.717, 1.165) is 23.3 Å². The van der Waals surface area contributed by atoms with Gasteiger partial charge < -0.3 is 28.5 Å². The van der Waals surface area contributed by atoms with Gasteiger partial charge in [-0.2, -0.15) is 0 Å². The minimum absolute atomic E-state index is 0.0436. The Labute approximate surface area is 288 Å². The molecule has 0 bridgehead atoms. The first kappa shape index (κ1) is 37.5. The van der Waals surface area contributed by atoms with E-state index in [-0.39, 0.29) is 29.8 Å². The van der Waals surface area contributed by atoms with E-state index in [0.29, 0.717) is 45.5 Å². The second-order valence-electron chi connectivity index (χ2n) is 13.8. The Balaban J connectivity index is 1.52. The molecule has 48 heavy (non-hydrogen) atoms.